The fraction of sp³-hybridized carbons (Fsp3) is 0.357. The minimum absolute atomic E-state index is 0.145. The third kappa shape index (κ3) is 2.85. The van der Waals surface area contributed by atoms with Gasteiger partial charge in [-0.15, -0.1) is 16.2 Å². The number of hydrogen-bond acceptors (Lipinski definition) is 7. The number of anilines is 2. The number of nitrogens with zero attached hydrogens (tertiary/aromatic N) is 6. The van der Waals surface area contributed by atoms with E-state index in [2.05, 4.69) is 15.3 Å². The minimum atomic E-state index is -4.50. The van der Waals surface area contributed by atoms with Gasteiger partial charge in [-0.05, 0) is 12.5 Å². The molecule has 0 atom stereocenters. The van der Waals surface area contributed by atoms with E-state index >= 15 is 0 Å². The fourth-order valence-corrected chi connectivity index (χ4v) is 3.25. The SMILES string of the molecule is O=NN(CC(=O)N1CCC1)N1c2cc(-c3csc(C(F)(F)F)n3)cnc21. The molecule has 0 unspecified atom stereocenters. The zero-order valence-corrected chi connectivity index (χ0v) is 13.9. The van der Waals surface area contributed by atoms with Gasteiger partial charge < -0.3 is 4.90 Å². The van der Waals surface area contributed by atoms with Gasteiger partial charge in [0.1, 0.15) is 12.2 Å². The Hall–Kier alpha value is -2.76. The molecular weight excluding hydrogens is 373 g/mol. The van der Waals surface area contributed by atoms with Crippen LogP contribution in [-0.2, 0) is 11.0 Å². The average Bonchev–Trinajstić information content (AvgIpc) is 3.00. The molecule has 12 heteroatoms. The van der Waals surface area contributed by atoms with Crippen LogP contribution >= 0.6 is 11.3 Å². The minimum Gasteiger partial charge on any atom is -0.341 e. The predicted octanol–water partition coefficient (Wildman–Crippen LogP) is 2.81. The van der Waals surface area contributed by atoms with Crippen molar-refractivity contribution in [3.8, 4) is 11.3 Å². The summed E-state index contributed by atoms with van der Waals surface area (Å²) in [5, 5.41) is 5.50. The van der Waals surface area contributed by atoms with Gasteiger partial charge in [-0.2, -0.15) is 18.3 Å². The first-order valence-corrected chi connectivity index (χ1v) is 8.48. The van der Waals surface area contributed by atoms with Crippen LogP contribution in [0.1, 0.15) is 11.4 Å². The molecule has 2 aromatic rings. The number of alkyl halides is 3. The zero-order chi connectivity index (χ0) is 18.5. The van der Waals surface area contributed by atoms with Gasteiger partial charge in [-0.25, -0.2) is 15.0 Å². The number of pyridine rings is 1. The van der Waals surface area contributed by atoms with Crippen LogP contribution in [0.5, 0.6) is 0 Å². The molecule has 0 saturated carbocycles. The summed E-state index contributed by atoms with van der Waals surface area (Å²) in [7, 11) is 0. The molecule has 0 aromatic carbocycles. The molecule has 8 nitrogen and oxygen atoms in total. The van der Waals surface area contributed by atoms with Gasteiger partial charge in [0.05, 0.1) is 11.0 Å². The lowest BCUT2D eigenvalue weighted by molar-refractivity contribution is -0.137. The summed E-state index contributed by atoms with van der Waals surface area (Å²) in [4.78, 5) is 32.4. The summed E-state index contributed by atoms with van der Waals surface area (Å²) >= 11 is 0.500. The number of likely N-dealkylation sites (tertiary alicyclic amines) is 1. The number of fused-ring (bicyclic) bond motifs is 1. The van der Waals surface area contributed by atoms with E-state index in [4.69, 9.17) is 0 Å². The average molecular weight is 384 g/mol. The molecule has 1 amide bonds. The number of hydrazine groups is 1. The topological polar surface area (TPSA) is 81.8 Å². The summed E-state index contributed by atoms with van der Waals surface area (Å²) in [6.07, 6.45) is -2.20. The van der Waals surface area contributed by atoms with Crippen molar-refractivity contribution in [2.24, 2.45) is 5.29 Å². The lowest BCUT2D eigenvalue weighted by Crippen LogP contribution is -2.47. The first-order valence-electron chi connectivity index (χ1n) is 7.60. The molecule has 1 fully saturated rings. The molecule has 4 heterocycles. The van der Waals surface area contributed by atoms with E-state index in [0.29, 0.717) is 41.5 Å². The Balaban J connectivity index is 1.50. The van der Waals surface area contributed by atoms with E-state index in [0.717, 1.165) is 11.5 Å². The van der Waals surface area contributed by atoms with Crippen molar-refractivity contribution in [1.82, 2.24) is 20.0 Å². The van der Waals surface area contributed by atoms with Crippen molar-refractivity contribution in [3.63, 3.8) is 0 Å². The Morgan fingerprint density at radius 2 is 2.15 bits per heavy atom. The number of aromatic nitrogens is 2. The van der Waals surface area contributed by atoms with Gasteiger partial charge in [0.15, 0.2) is 10.8 Å². The second kappa shape index (κ2) is 5.90. The quantitative estimate of drug-likeness (QED) is 0.448. The van der Waals surface area contributed by atoms with Crippen molar-refractivity contribution in [2.45, 2.75) is 12.6 Å². The lowest BCUT2D eigenvalue weighted by Gasteiger charge is -2.31. The molecule has 1 saturated heterocycles. The first kappa shape index (κ1) is 16.7. The molecule has 26 heavy (non-hydrogen) atoms. The van der Waals surface area contributed by atoms with Crippen LogP contribution in [0, 0.1) is 4.91 Å². The van der Waals surface area contributed by atoms with Crippen LogP contribution in [0.15, 0.2) is 22.9 Å². The van der Waals surface area contributed by atoms with Crippen LogP contribution < -0.4 is 5.01 Å². The number of carbonyl (C=O) groups is 1. The van der Waals surface area contributed by atoms with Crippen molar-refractivity contribution in [3.05, 3.63) is 27.6 Å². The third-order valence-electron chi connectivity index (χ3n) is 4.08. The third-order valence-corrected chi connectivity index (χ3v) is 4.97. The summed E-state index contributed by atoms with van der Waals surface area (Å²) in [6, 6.07) is 1.56. The molecule has 2 aliphatic rings. The van der Waals surface area contributed by atoms with E-state index in [1.807, 2.05) is 0 Å². The highest BCUT2D eigenvalue weighted by atomic mass is 32.1. The van der Waals surface area contributed by atoms with Gasteiger partial charge in [0.25, 0.3) is 0 Å². The molecule has 2 aliphatic heterocycles. The highest BCUT2D eigenvalue weighted by Gasteiger charge is 2.40. The Kier molecular flexibility index (Phi) is 3.79. The smallest absolute Gasteiger partial charge is 0.341 e. The van der Waals surface area contributed by atoms with Crippen molar-refractivity contribution in [1.29, 1.82) is 0 Å². The molecular formula is C14H11F3N6O2S. The monoisotopic (exact) mass is 384 g/mol. The van der Waals surface area contributed by atoms with E-state index in [-0.39, 0.29) is 18.1 Å². The Morgan fingerprint density at radius 1 is 1.38 bits per heavy atom. The molecule has 0 N–H and O–H groups in total. The molecule has 0 bridgehead atoms. The number of halogens is 3. The molecule has 0 radical (unpaired) electrons. The van der Waals surface area contributed by atoms with Gasteiger partial charge in [0.2, 0.25) is 5.91 Å². The van der Waals surface area contributed by atoms with Crippen molar-refractivity contribution >= 4 is 28.7 Å². The summed E-state index contributed by atoms with van der Waals surface area (Å²) in [5.74, 6) is 0.208. The molecule has 136 valence electrons. The van der Waals surface area contributed by atoms with Crippen LogP contribution in [0.4, 0.5) is 24.7 Å². The number of thiazole rings is 1. The lowest BCUT2D eigenvalue weighted by atomic mass is 10.2. The van der Waals surface area contributed by atoms with Crippen LogP contribution in [-0.4, -0.2) is 45.5 Å². The summed E-state index contributed by atoms with van der Waals surface area (Å²) < 4.78 is 38.0. The second-order valence-electron chi connectivity index (χ2n) is 5.76. The van der Waals surface area contributed by atoms with Crippen LogP contribution in [0.2, 0.25) is 0 Å². The van der Waals surface area contributed by atoms with Gasteiger partial charge in [-0.3, -0.25) is 4.79 Å². The number of carbonyl (C=O) groups excluding carboxylic acids is 1. The second-order valence-corrected chi connectivity index (χ2v) is 6.62. The summed E-state index contributed by atoms with van der Waals surface area (Å²) in [6.45, 7) is 1.10. The van der Waals surface area contributed by atoms with Crippen LogP contribution in [0.3, 0.4) is 0 Å². The van der Waals surface area contributed by atoms with Crippen molar-refractivity contribution < 1.29 is 18.0 Å². The number of hydrogen-bond donors (Lipinski definition) is 0. The molecule has 2 aromatic heterocycles. The van der Waals surface area contributed by atoms with Gasteiger partial charge >= 0.3 is 6.18 Å². The number of nitroso groups, excluding NO2 is 1. The van der Waals surface area contributed by atoms with E-state index < -0.39 is 11.2 Å². The first-order chi connectivity index (χ1) is 12.4. The highest BCUT2D eigenvalue weighted by Crippen LogP contribution is 2.49. The standard InChI is InChI=1S/C14H11F3N6O2S/c15-14(16,17)13-19-9(7-26-13)8-4-10-12(18-5-8)23(10)22(20-25)6-11(24)21-2-1-3-21/h4-5,7H,1-3,6H2. The van der Waals surface area contributed by atoms with Crippen LogP contribution in [0.25, 0.3) is 11.3 Å². The maximum absolute atomic E-state index is 12.7. The van der Waals surface area contributed by atoms with Crippen molar-refractivity contribution in [2.75, 3.05) is 24.6 Å². The molecule has 4 rings (SSSR count). The van der Waals surface area contributed by atoms with E-state index in [9.17, 15) is 22.9 Å². The number of amides is 1. The highest BCUT2D eigenvalue weighted by molar-refractivity contribution is 7.10. The van der Waals surface area contributed by atoms with E-state index in [1.54, 1.807) is 11.0 Å². The van der Waals surface area contributed by atoms with Gasteiger partial charge in [-0.1, -0.05) is 0 Å². The Labute approximate surface area is 148 Å². The van der Waals surface area contributed by atoms with E-state index in [1.165, 1.54) is 16.6 Å². The molecule has 0 spiro atoms. The molecule has 0 aliphatic carbocycles. The largest absolute Gasteiger partial charge is 0.443 e. The zero-order valence-electron chi connectivity index (χ0n) is 13.1. The Morgan fingerprint density at radius 3 is 2.73 bits per heavy atom. The van der Waals surface area contributed by atoms with Gasteiger partial charge in [0, 0.05) is 30.2 Å². The summed E-state index contributed by atoms with van der Waals surface area (Å²) in [5.41, 5.74) is 1.03. The number of rotatable bonds is 5. The normalized spacial score (nSPS) is 15.3. The Bertz CT molecular complexity index is 882. The predicted molar refractivity (Wildman–Crippen MR) is 86.2 cm³/mol. The maximum atomic E-state index is 12.7. The fourth-order valence-electron chi connectivity index (χ4n) is 2.55. The maximum Gasteiger partial charge on any atom is 0.443 e.